The van der Waals surface area contributed by atoms with E-state index in [1.807, 2.05) is 0 Å². The van der Waals surface area contributed by atoms with Crippen LogP contribution in [-0.4, -0.2) is 22.8 Å². The Bertz CT molecular complexity index is 423. The van der Waals surface area contributed by atoms with E-state index in [1.165, 1.54) is 13.3 Å². The molecule has 78 valence electrons. The predicted octanol–water partition coefficient (Wildman–Crippen LogP) is 0.334. The maximum Gasteiger partial charge on any atom is 0.328 e. The van der Waals surface area contributed by atoms with Gasteiger partial charge in [0, 0.05) is 13.3 Å². The zero-order valence-corrected chi connectivity index (χ0v) is 9.50. The normalized spacial score (nSPS) is 12.8. The fourth-order valence-corrected chi connectivity index (χ4v) is 1.31. The van der Waals surface area contributed by atoms with Crippen molar-refractivity contribution < 1.29 is 4.74 Å². The molecule has 1 unspecified atom stereocenters. The van der Waals surface area contributed by atoms with Crippen molar-refractivity contribution in [3.8, 4) is 0 Å². The number of nitrogens with one attached hydrogen (secondary N) is 1. The lowest BCUT2D eigenvalue weighted by Crippen LogP contribution is -2.38. The van der Waals surface area contributed by atoms with Crippen molar-refractivity contribution in [2.45, 2.75) is 19.6 Å². The molecule has 0 saturated heterocycles. The second kappa shape index (κ2) is 4.56. The van der Waals surface area contributed by atoms with E-state index in [0.717, 1.165) is 4.57 Å². The van der Waals surface area contributed by atoms with E-state index in [-0.39, 0.29) is 18.2 Å². The summed E-state index contributed by atoms with van der Waals surface area (Å²) in [6, 6.07) is 0. The Morgan fingerprint density at radius 1 is 1.64 bits per heavy atom. The molecule has 0 bridgehead atoms. The SMILES string of the molecule is COC(C)Cn1c(=O)[nH]cc(Br)c1=O. The van der Waals surface area contributed by atoms with Crippen LogP contribution in [-0.2, 0) is 11.3 Å². The number of hydrogen-bond acceptors (Lipinski definition) is 3. The Hall–Kier alpha value is -0.880. The molecule has 0 amide bonds. The summed E-state index contributed by atoms with van der Waals surface area (Å²) in [6.07, 6.45) is 1.15. The molecule has 0 spiro atoms. The van der Waals surface area contributed by atoms with Gasteiger partial charge in [-0.3, -0.25) is 9.36 Å². The molecule has 0 saturated carbocycles. The number of halogens is 1. The van der Waals surface area contributed by atoms with Crippen LogP contribution in [0.1, 0.15) is 6.92 Å². The Morgan fingerprint density at radius 2 is 2.29 bits per heavy atom. The molecule has 1 heterocycles. The summed E-state index contributed by atoms with van der Waals surface area (Å²) in [6.45, 7) is 2.02. The van der Waals surface area contributed by atoms with E-state index in [1.54, 1.807) is 6.92 Å². The van der Waals surface area contributed by atoms with Crippen LogP contribution < -0.4 is 11.2 Å². The van der Waals surface area contributed by atoms with Crippen LogP contribution in [0.25, 0.3) is 0 Å². The number of H-pyrrole nitrogens is 1. The van der Waals surface area contributed by atoms with Crippen LogP contribution in [0.3, 0.4) is 0 Å². The van der Waals surface area contributed by atoms with E-state index in [2.05, 4.69) is 20.9 Å². The molecule has 6 heteroatoms. The van der Waals surface area contributed by atoms with Gasteiger partial charge in [0.15, 0.2) is 0 Å². The Labute approximate surface area is 88.8 Å². The summed E-state index contributed by atoms with van der Waals surface area (Å²) in [5.74, 6) is 0. The lowest BCUT2D eigenvalue weighted by molar-refractivity contribution is 0.101. The molecule has 0 aliphatic heterocycles. The van der Waals surface area contributed by atoms with Crippen LogP contribution in [0.4, 0.5) is 0 Å². The van der Waals surface area contributed by atoms with E-state index < -0.39 is 5.69 Å². The third-order valence-corrected chi connectivity index (χ3v) is 2.43. The minimum atomic E-state index is -0.429. The lowest BCUT2D eigenvalue weighted by Gasteiger charge is -2.10. The van der Waals surface area contributed by atoms with Crippen molar-refractivity contribution in [1.29, 1.82) is 0 Å². The minimum Gasteiger partial charge on any atom is -0.380 e. The minimum absolute atomic E-state index is 0.178. The van der Waals surface area contributed by atoms with Gasteiger partial charge in [0.1, 0.15) is 0 Å². The van der Waals surface area contributed by atoms with Crippen molar-refractivity contribution in [3.05, 3.63) is 31.5 Å². The van der Waals surface area contributed by atoms with Crippen molar-refractivity contribution in [2.24, 2.45) is 0 Å². The van der Waals surface area contributed by atoms with Gasteiger partial charge in [-0.25, -0.2) is 4.79 Å². The number of aromatic nitrogens is 2. The van der Waals surface area contributed by atoms with Crippen molar-refractivity contribution in [3.63, 3.8) is 0 Å². The standard InChI is InChI=1S/C8H11BrN2O3/c1-5(14-2)4-11-7(12)6(9)3-10-8(11)13/h3,5H,4H2,1-2H3,(H,10,13). The molecule has 0 radical (unpaired) electrons. The molecule has 0 aliphatic carbocycles. The summed E-state index contributed by atoms with van der Waals surface area (Å²) in [5, 5.41) is 0. The second-order valence-electron chi connectivity index (χ2n) is 2.90. The number of hydrogen-bond donors (Lipinski definition) is 1. The fraction of sp³-hybridized carbons (Fsp3) is 0.500. The highest BCUT2D eigenvalue weighted by Crippen LogP contribution is 1.97. The third-order valence-electron chi connectivity index (χ3n) is 1.86. The molecule has 1 aromatic heterocycles. The average Bonchev–Trinajstić information content (AvgIpc) is 2.18. The molecule has 0 aliphatic rings. The van der Waals surface area contributed by atoms with Gasteiger partial charge in [0.05, 0.1) is 17.1 Å². The predicted molar refractivity (Wildman–Crippen MR) is 55.5 cm³/mol. The van der Waals surface area contributed by atoms with E-state index in [0.29, 0.717) is 4.47 Å². The van der Waals surface area contributed by atoms with Crippen LogP contribution >= 0.6 is 15.9 Å². The van der Waals surface area contributed by atoms with E-state index >= 15 is 0 Å². The zero-order valence-electron chi connectivity index (χ0n) is 7.91. The van der Waals surface area contributed by atoms with E-state index in [4.69, 9.17) is 4.74 Å². The quantitative estimate of drug-likeness (QED) is 0.854. The van der Waals surface area contributed by atoms with Gasteiger partial charge in [-0.05, 0) is 22.9 Å². The third kappa shape index (κ3) is 2.33. The van der Waals surface area contributed by atoms with Gasteiger partial charge in [-0.2, -0.15) is 0 Å². The summed E-state index contributed by atoms with van der Waals surface area (Å²) in [4.78, 5) is 25.2. The fourth-order valence-electron chi connectivity index (χ4n) is 0.983. The molecule has 0 aromatic carbocycles. The molecule has 1 atom stereocenters. The van der Waals surface area contributed by atoms with Gasteiger partial charge >= 0.3 is 5.69 Å². The molecular formula is C8H11BrN2O3. The number of rotatable bonds is 3. The van der Waals surface area contributed by atoms with Gasteiger partial charge < -0.3 is 9.72 Å². The first-order valence-corrected chi connectivity index (χ1v) is 4.86. The monoisotopic (exact) mass is 262 g/mol. The highest BCUT2D eigenvalue weighted by molar-refractivity contribution is 9.10. The van der Waals surface area contributed by atoms with Crippen molar-refractivity contribution in [2.75, 3.05) is 7.11 Å². The lowest BCUT2D eigenvalue weighted by atomic mass is 10.4. The average molecular weight is 263 g/mol. The largest absolute Gasteiger partial charge is 0.380 e. The zero-order chi connectivity index (χ0) is 10.7. The Kier molecular flexibility index (Phi) is 3.65. The molecular weight excluding hydrogens is 252 g/mol. The second-order valence-corrected chi connectivity index (χ2v) is 3.76. The van der Waals surface area contributed by atoms with Crippen molar-refractivity contribution in [1.82, 2.24) is 9.55 Å². The van der Waals surface area contributed by atoms with Gasteiger partial charge in [0.25, 0.3) is 5.56 Å². The molecule has 1 N–H and O–H groups in total. The Morgan fingerprint density at radius 3 is 2.86 bits per heavy atom. The van der Waals surface area contributed by atoms with E-state index in [9.17, 15) is 9.59 Å². The highest BCUT2D eigenvalue weighted by atomic mass is 79.9. The molecule has 14 heavy (non-hydrogen) atoms. The maximum absolute atomic E-state index is 11.5. The molecule has 1 rings (SSSR count). The molecule has 5 nitrogen and oxygen atoms in total. The summed E-state index contributed by atoms with van der Waals surface area (Å²) < 4.78 is 6.41. The first-order chi connectivity index (χ1) is 6.56. The number of ether oxygens (including phenoxy) is 1. The maximum atomic E-state index is 11.5. The summed E-state index contributed by atoms with van der Waals surface area (Å²) >= 11 is 3.05. The topological polar surface area (TPSA) is 64.1 Å². The van der Waals surface area contributed by atoms with Gasteiger partial charge in [-0.15, -0.1) is 0 Å². The first kappa shape index (κ1) is 11.2. The number of methoxy groups -OCH3 is 1. The highest BCUT2D eigenvalue weighted by Gasteiger charge is 2.08. The summed E-state index contributed by atoms with van der Waals surface area (Å²) in [5.41, 5.74) is -0.778. The summed E-state index contributed by atoms with van der Waals surface area (Å²) in [7, 11) is 1.53. The van der Waals surface area contributed by atoms with Crippen LogP contribution in [0.2, 0.25) is 0 Å². The van der Waals surface area contributed by atoms with Crippen LogP contribution in [0.5, 0.6) is 0 Å². The van der Waals surface area contributed by atoms with Crippen molar-refractivity contribution >= 4 is 15.9 Å². The molecule has 0 fully saturated rings. The number of nitrogens with zero attached hydrogens (tertiary/aromatic N) is 1. The van der Waals surface area contributed by atoms with Crippen LogP contribution in [0, 0.1) is 0 Å². The van der Waals surface area contributed by atoms with Gasteiger partial charge in [-0.1, -0.05) is 0 Å². The van der Waals surface area contributed by atoms with Crippen LogP contribution in [0.15, 0.2) is 20.3 Å². The first-order valence-electron chi connectivity index (χ1n) is 4.07. The molecule has 1 aromatic rings. The van der Waals surface area contributed by atoms with Gasteiger partial charge in [0.2, 0.25) is 0 Å². The Balaban J connectivity index is 3.14. The number of aromatic amines is 1. The smallest absolute Gasteiger partial charge is 0.328 e.